The second kappa shape index (κ2) is 3.73. The molecule has 3 heteroatoms. The van der Waals surface area contributed by atoms with Crippen LogP contribution in [-0.2, 0) is 4.84 Å². The van der Waals surface area contributed by atoms with Gasteiger partial charge in [0.05, 0.1) is 7.11 Å². The molecule has 0 unspecified atom stereocenters. The van der Waals surface area contributed by atoms with E-state index in [4.69, 9.17) is 10.6 Å². The largest absolute Gasteiger partial charge is 0.325 e. The number of hydrogen-bond donors (Lipinski definition) is 1. The molecule has 0 fully saturated rings. The van der Waals surface area contributed by atoms with Gasteiger partial charge in [-0.25, -0.2) is 0 Å². The van der Waals surface area contributed by atoms with E-state index in [0.717, 1.165) is 6.54 Å². The van der Waals surface area contributed by atoms with E-state index < -0.39 is 0 Å². The van der Waals surface area contributed by atoms with Crippen LogP contribution in [0.1, 0.15) is 27.7 Å². The van der Waals surface area contributed by atoms with Crippen molar-refractivity contribution < 1.29 is 4.84 Å². The Morgan fingerprint density at radius 2 is 1.67 bits per heavy atom. The van der Waals surface area contributed by atoms with Crippen LogP contribution in [0.4, 0.5) is 0 Å². The van der Waals surface area contributed by atoms with Crippen LogP contribution in [0.3, 0.4) is 0 Å². The lowest BCUT2D eigenvalue weighted by molar-refractivity contribution is -0.134. The van der Waals surface area contributed by atoms with Crippen LogP contribution in [0.5, 0.6) is 0 Å². The van der Waals surface area contributed by atoms with E-state index in [-0.39, 0.29) is 11.0 Å². The van der Waals surface area contributed by atoms with Gasteiger partial charge in [0.25, 0.3) is 0 Å². The molecule has 74 valence electrons. The topological polar surface area (TPSA) is 38.5 Å². The van der Waals surface area contributed by atoms with Crippen LogP contribution >= 0.6 is 0 Å². The number of hydrogen-bond acceptors (Lipinski definition) is 3. The molecule has 0 aromatic carbocycles. The van der Waals surface area contributed by atoms with Crippen molar-refractivity contribution in [3.8, 4) is 0 Å². The third-order valence-electron chi connectivity index (χ3n) is 2.67. The molecule has 0 aliphatic rings. The van der Waals surface area contributed by atoms with Crippen molar-refractivity contribution in [2.75, 3.05) is 20.7 Å². The summed E-state index contributed by atoms with van der Waals surface area (Å²) in [5.74, 6) is 0. The van der Waals surface area contributed by atoms with Crippen molar-refractivity contribution in [1.82, 2.24) is 5.06 Å². The quantitative estimate of drug-likeness (QED) is 0.652. The zero-order chi connectivity index (χ0) is 9.99. The summed E-state index contributed by atoms with van der Waals surface area (Å²) < 4.78 is 0. The zero-order valence-electron chi connectivity index (χ0n) is 9.14. The van der Waals surface area contributed by atoms with E-state index in [9.17, 15) is 0 Å². The van der Waals surface area contributed by atoms with E-state index >= 15 is 0 Å². The Morgan fingerprint density at radius 1 is 1.25 bits per heavy atom. The molecule has 0 aromatic rings. The van der Waals surface area contributed by atoms with Gasteiger partial charge in [-0.2, -0.15) is 5.06 Å². The Morgan fingerprint density at radius 3 is 1.92 bits per heavy atom. The maximum Gasteiger partial charge on any atom is 0.0575 e. The highest BCUT2D eigenvalue weighted by Crippen LogP contribution is 2.28. The van der Waals surface area contributed by atoms with Crippen molar-refractivity contribution in [1.29, 1.82) is 0 Å². The molecule has 0 saturated carbocycles. The van der Waals surface area contributed by atoms with Crippen molar-refractivity contribution in [2.24, 2.45) is 11.1 Å². The van der Waals surface area contributed by atoms with Gasteiger partial charge in [0.1, 0.15) is 0 Å². The maximum absolute atomic E-state index is 6.03. The van der Waals surface area contributed by atoms with E-state index in [1.165, 1.54) is 0 Å². The second-order valence-electron chi connectivity index (χ2n) is 4.57. The van der Waals surface area contributed by atoms with Crippen molar-refractivity contribution >= 4 is 0 Å². The normalized spacial score (nSPS) is 14.0. The smallest absolute Gasteiger partial charge is 0.0575 e. The van der Waals surface area contributed by atoms with E-state index in [1.807, 2.05) is 20.9 Å². The molecule has 0 atom stereocenters. The summed E-state index contributed by atoms with van der Waals surface area (Å²) in [6.07, 6.45) is 0. The van der Waals surface area contributed by atoms with Crippen molar-refractivity contribution in [3.63, 3.8) is 0 Å². The summed E-state index contributed by atoms with van der Waals surface area (Å²) >= 11 is 0. The van der Waals surface area contributed by atoms with Gasteiger partial charge in [0.2, 0.25) is 0 Å². The molecule has 0 bridgehead atoms. The molecule has 0 radical (unpaired) electrons. The van der Waals surface area contributed by atoms with Crippen LogP contribution < -0.4 is 5.73 Å². The van der Waals surface area contributed by atoms with Crippen LogP contribution in [-0.4, -0.2) is 31.3 Å². The third kappa shape index (κ3) is 3.09. The van der Waals surface area contributed by atoms with Crippen molar-refractivity contribution in [2.45, 2.75) is 33.2 Å². The molecule has 0 amide bonds. The summed E-state index contributed by atoms with van der Waals surface area (Å²) in [7, 11) is 3.58. The predicted molar refractivity (Wildman–Crippen MR) is 51.7 cm³/mol. The van der Waals surface area contributed by atoms with Gasteiger partial charge in [-0.15, -0.1) is 0 Å². The fraction of sp³-hybridized carbons (Fsp3) is 1.00. The highest BCUT2D eigenvalue weighted by Gasteiger charge is 2.34. The summed E-state index contributed by atoms with van der Waals surface area (Å²) in [5, 5.41) is 1.80. The maximum atomic E-state index is 6.03. The van der Waals surface area contributed by atoms with Gasteiger partial charge in [-0.1, -0.05) is 13.8 Å². The van der Waals surface area contributed by atoms with E-state index in [2.05, 4.69) is 13.8 Å². The van der Waals surface area contributed by atoms with E-state index in [1.54, 1.807) is 12.2 Å². The number of hydroxylamine groups is 2. The molecule has 12 heavy (non-hydrogen) atoms. The fourth-order valence-electron chi connectivity index (χ4n) is 0.825. The molecule has 0 saturated heterocycles. The lowest BCUT2D eigenvalue weighted by Gasteiger charge is -2.40. The third-order valence-corrected chi connectivity index (χ3v) is 2.67. The summed E-state index contributed by atoms with van der Waals surface area (Å²) in [6.45, 7) is 9.19. The average Bonchev–Trinajstić information content (AvgIpc) is 1.84. The van der Waals surface area contributed by atoms with Gasteiger partial charge in [0.15, 0.2) is 0 Å². The Balaban J connectivity index is 4.22. The van der Waals surface area contributed by atoms with Crippen LogP contribution in [0.25, 0.3) is 0 Å². The minimum atomic E-state index is -0.195. The first-order valence-electron chi connectivity index (χ1n) is 4.25. The lowest BCUT2D eigenvalue weighted by Crippen LogP contribution is -2.52. The highest BCUT2D eigenvalue weighted by atomic mass is 16.7. The van der Waals surface area contributed by atoms with Crippen LogP contribution in [0.15, 0.2) is 0 Å². The van der Waals surface area contributed by atoms with E-state index in [0.29, 0.717) is 0 Å². The summed E-state index contributed by atoms with van der Waals surface area (Å²) in [4.78, 5) is 5.06. The Bertz CT molecular complexity index is 138. The Kier molecular flexibility index (Phi) is 3.69. The number of nitrogens with two attached hydrogens (primary N) is 1. The second-order valence-corrected chi connectivity index (χ2v) is 4.57. The van der Waals surface area contributed by atoms with Crippen molar-refractivity contribution in [3.05, 3.63) is 0 Å². The first-order valence-corrected chi connectivity index (χ1v) is 4.25. The van der Waals surface area contributed by atoms with Crippen LogP contribution in [0.2, 0.25) is 0 Å². The molecule has 0 rings (SSSR count). The number of nitrogens with zero attached hydrogens (tertiary/aromatic N) is 1. The molecule has 0 spiro atoms. The minimum absolute atomic E-state index is 0.0394. The van der Waals surface area contributed by atoms with Gasteiger partial charge >= 0.3 is 0 Å². The van der Waals surface area contributed by atoms with Gasteiger partial charge < -0.3 is 10.6 Å². The first-order chi connectivity index (χ1) is 5.20. The summed E-state index contributed by atoms with van der Waals surface area (Å²) in [5.41, 5.74) is 5.88. The first kappa shape index (κ1) is 11.9. The van der Waals surface area contributed by atoms with Crippen LogP contribution in [0, 0.1) is 5.41 Å². The lowest BCUT2D eigenvalue weighted by atomic mass is 9.75. The monoisotopic (exact) mass is 174 g/mol. The van der Waals surface area contributed by atoms with Gasteiger partial charge in [-0.3, -0.25) is 0 Å². The molecule has 0 aliphatic carbocycles. The molecular weight excluding hydrogens is 152 g/mol. The predicted octanol–water partition coefficient (Wildman–Crippen LogP) is 1.24. The van der Waals surface area contributed by atoms with Gasteiger partial charge in [0, 0.05) is 19.1 Å². The molecule has 0 aromatic heterocycles. The zero-order valence-corrected chi connectivity index (χ0v) is 9.14. The summed E-state index contributed by atoms with van der Waals surface area (Å²) in [6, 6.07) is 0. The average molecular weight is 174 g/mol. The fourth-order valence-corrected chi connectivity index (χ4v) is 0.825. The molecule has 0 aliphatic heterocycles. The number of rotatable bonds is 4. The Hall–Kier alpha value is -0.120. The molecular formula is C9H22N2O. The minimum Gasteiger partial charge on any atom is -0.325 e. The molecule has 3 nitrogen and oxygen atoms in total. The molecule has 2 N–H and O–H groups in total. The Labute approximate surface area is 75.8 Å². The standard InChI is InChI=1S/C9H22N2O/c1-8(2,9(3,4)10)7-11(5)12-6/h7,10H2,1-6H3. The highest BCUT2D eigenvalue weighted by molar-refractivity contribution is 4.90. The molecule has 0 heterocycles. The van der Waals surface area contributed by atoms with Gasteiger partial charge in [-0.05, 0) is 19.3 Å². The SMILES string of the molecule is CON(C)CC(C)(C)C(C)(C)N.